The molecule has 0 aliphatic rings. The van der Waals surface area contributed by atoms with Crippen LogP contribution in [0.4, 0.5) is 4.79 Å². The van der Waals surface area contributed by atoms with Crippen molar-refractivity contribution in [3.05, 3.63) is 48.6 Å². The number of hydrogen-bond acceptors (Lipinski definition) is 2. The van der Waals surface area contributed by atoms with Gasteiger partial charge >= 0.3 is 12.0 Å². The van der Waals surface area contributed by atoms with Gasteiger partial charge in [0.05, 0.1) is 0 Å². The summed E-state index contributed by atoms with van der Waals surface area (Å²) in [4.78, 5) is 22.9. The maximum atomic E-state index is 11.7. The lowest BCUT2D eigenvalue weighted by Crippen LogP contribution is -2.44. The summed E-state index contributed by atoms with van der Waals surface area (Å²) in [6, 6.07) is 6.90. The lowest BCUT2D eigenvalue weighted by molar-refractivity contribution is -0.139. The van der Waals surface area contributed by atoms with Crippen molar-refractivity contribution < 1.29 is 14.7 Å². The first-order chi connectivity index (χ1) is 9.04. The highest BCUT2D eigenvalue weighted by Gasteiger charge is 2.22. The molecule has 1 unspecified atom stereocenters. The molecule has 5 heteroatoms. The van der Waals surface area contributed by atoms with Gasteiger partial charge in [0.15, 0.2) is 6.04 Å². The number of nitrogens with one attached hydrogen (secondary N) is 2. The molecule has 0 spiro atoms. The van der Waals surface area contributed by atoms with Gasteiger partial charge in [0.2, 0.25) is 0 Å². The van der Waals surface area contributed by atoms with Gasteiger partial charge in [-0.3, -0.25) is 0 Å². The molecule has 2 amide bonds. The predicted molar refractivity (Wildman–Crippen MR) is 72.8 cm³/mol. The standard InChI is InChI=1S/C14H18N2O3/c1-3-7-10(2)15-14(19)16-12(13(17)18)11-8-5-4-6-9-11/h3-6,8-10,12H,1,7H2,2H3,(H,17,18)(H2,15,16,19)/t10?,12-/m1/s1. The van der Waals surface area contributed by atoms with Crippen LogP contribution in [0, 0.1) is 0 Å². The quantitative estimate of drug-likeness (QED) is 0.687. The van der Waals surface area contributed by atoms with Crippen molar-refractivity contribution >= 4 is 12.0 Å². The average Bonchev–Trinajstić information content (AvgIpc) is 2.37. The zero-order chi connectivity index (χ0) is 14.3. The van der Waals surface area contributed by atoms with Crippen molar-refractivity contribution in [2.45, 2.75) is 25.4 Å². The van der Waals surface area contributed by atoms with Crippen LogP contribution in [0.5, 0.6) is 0 Å². The van der Waals surface area contributed by atoms with E-state index in [0.29, 0.717) is 12.0 Å². The summed E-state index contributed by atoms with van der Waals surface area (Å²) in [5.74, 6) is -1.10. The number of carbonyl (C=O) groups is 2. The molecule has 0 heterocycles. The summed E-state index contributed by atoms with van der Waals surface area (Å²) in [6.45, 7) is 5.40. The molecule has 102 valence electrons. The van der Waals surface area contributed by atoms with Gasteiger partial charge in [-0.2, -0.15) is 0 Å². The molecule has 1 rings (SSSR count). The minimum absolute atomic E-state index is 0.0947. The fourth-order valence-corrected chi connectivity index (χ4v) is 1.64. The van der Waals surface area contributed by atoms with Crippen molar-refractivity contribution in [2.24, 2.45) is 0 Å². The Morgan fingerprint density at radius 2 is 1.95 bits per heavy atom. The van der Waals surface area contributed by atoms with E-state index in [1.807, 2.05) is 6.92 Å². The van der Waals surface area contributed by atoms with E-state index in [-0.39, 0.29) is 6.04 Å². The first-order valence-corrected chi connectivity index (χ1v) is 6.00. The third kappa shape index (κ3) is 4.83. The fraction of sp³-hybridized carbons (Fsp3) is 0.286. The van der Waals surface area contributed by atoms with E-state index in [4.69, 9.17) is 5.11 Å². The van der Waals surface area contributed by atoms with Gasteiger partial charge in [0.1, 0.15) is 0 Å². The average molecular weight is 262 g/mol. The van der Waals surface area contributed by atoms with Gasteiger partial charge in [0.25, 0.3) is 0 Å². The van der Waals surface area contributed by atoms with Crippen LogP contribution < -0.4 is 10.6 Å². The number of hydrogen-bond donors (Lipinski definition) is 3. The molecule has 0 saturated carbocycles. The Kier molecular flexibility index (Phi) is 5.60. The van der Waals surface area contributed by atoms with E-state index in [2.05, 4.69) is 17.2 Å². The van der Waals surface area contributed by atoms with Crippen molar-refractivity contribution in [3.8, 4) is 0 Å². The molecule has 1 aromatic carbocycles. The lowest BCUT2D eigenvalue weighted by Gasteiger charge is -2.17. The maximum Gasteiger partial charge on any atom is 0.330 e. The zero-order valence-electron chi connectivity index (χ0n) is 10.8. The minimum atomic E-state index is -1.10. The number of urea groups is 1. The number of carboxylic acid groups (broad SMARTS) is 1. The molecule has 0 radical (unpaired) electrons. The first-order valence-electron chi connectivity index (χ1n) is 6.00. The SMILES string of the molecule is C=CCC(C)NC(=O)N[C@@H](C(=O)O)c1ccccc1. The molecule has 0 aliphatic carbocycles. The summed E-state index contributed by atoms with van der Waals surface area (Å²) >= 11 is 0. The third-order valence-electron chi connectivity index (χ3n) is 2.55. The third-order valence-corrected chi connectivity index (χ3v) is 2.55. The number of carboxylic acids is 1. The summed E-state index contributed by atoms with van der Waals surface area (Å²) < 4.78 is 0. The topological polar surface area (TPSA) is 78.4 Å². The molecule has 0 saturated heterocycles. The smallest absolute Gasteiger partial charge is 0.330 e. The largest absolute Gasteiger partial charge is 0.479 e. The molecule has 5 nitrogen and oxygen atoms in total. The second-order valence-corrected chi connectivity index (χ2v) is 4.23. The number of amides is 2. The zero-order valence-corrected chi connectivity index (χ0v) is 10.8. The van der Waals surface area contributed by atoms with Gasteiger partial charge in [0, 0.05) is 6.04 Å². The van der Waals surface area contributed by atoms with Crippen LogP contribution in [-0.4, -0.2) is 23.1 Å². The summed E-state index contributed by atoms with van der Waals surface area (Å²) in [5.41, 5.74) is 0.529. The molecular formula is C14H18N2O3. The Balaban J connectivity index is 2.67. The molecule has 2 atom stereocenters. The molecule has 0 aliphatic heterocycles. The number of rotatable bonds is 6. The molecular weight excluding hydrogens is 244 g/mol. The summed E-state index contributed by atoms with van der Waals surface area (Å²) in [5, 5.41) is 14.2. The van der Waals surface area contributed by atoms with Crippen LogP contribution in [0.25, 0.3) is 0 Å². The minimum Gasteiger partial charge on any atom is -0.479 e. The Morgan fingerprint density at radius 1 is 1.32 bits per heavy atom. The van der Waals surface area contributed by atoms with Gasteiger partial charge in [-0.15, -0.1) is 6.58 Å². The van der Waals surface area contributed by atoms with Crippen LogP contribution >= 0.6 is 0 Å². The van der Waals surface area contributed by atoms with Crippen molar-refractivity contribution in [3.63, 3.8) is 0 Å². The first kappa shape index (κ1) is 14.8. The van der Waals surface area contributed by atoms with E-state index in [9.17, 15) is 9.59 Å². The maximum absolute atomic E-state index is 11.7. The molecule has 19 heavy (non-hydrogen) atoms. The molecule has 0 fully saturated rings. The monoisotopic (exact) mass is 262 g/mol. The van der Waals surface area contributed by atoms with Crippen LogP contribution in [0.15, 0.2) is 43.0 Å². The Hall–Kier alpha value is -2.30. The molecule has 0 bridgehead atoms. The van der Waals surface area contributed by atoms with Crippen LogP contribution in [-0.2, 0) is 4.79 Å². The van der Waals surface area contributed by atoms with Crippen molar-refractivity contribution in [1.82, 2.24) is 10.6 Å². The van der Waals surface area contributed by atoms with E-state index in [1.54, 1.807) is 36.4 Å². The van der Waals surface area contributed by atoms with E-state index in [0.717, 1.165) is 0 Å². The summed E-state index contributed by atoms with van der Waals surface area (Å²) in [6.07, 6.45) is 2.31. The Morgan fingerprint density at radius 3 is 2.47 bits per heavy atom. The number of carbonyl (C=O) groups excluding carboxylic acids is 1. The molecule has 0 aromatic heterocycles. The number of aliphatic carboxylic acids is 1. The second-order valence-electron chi connectivity index (χ2n) is 4.23. The van der Waals surface area contributed by atoms with E-state index in [1.165, 1.54) is 0 Å². The fourth-order valence-electron chi connectivity index (χ4n) is 1.64. The highest BCUT2D eigenvalue weighted by Crippen LogP contribution is 2.12. The number of benzene rings is 1. The van der Waals surface area contributed by atoms with Crippen LogP contribution in [0.2, 0.25) is 0 Å². The normalized spacial score (nSPS) is 13.1. The van der Waals surface area contributed by atoms with Crippen LogP contribution in [0.3, 0.4) is 0 Å². The van der Waals surface area contributed by atoms with Gasteiger partial charge in [-0.1, -0.05) is 36.4 Å². The van der Waals surface area contributed by atoms with E-state index < -0.39 is 18.0 Å². The Labute approximate surface area is 112 Å². The van der Waals surface area contributed by atoms with Gasteiger partial charge in [-0.25, -0.2) is 9.59 Å². The van der Waals surface area contributed by atoms with E-state index >= 15 is 0 Å². The molecule has 3 N–H and O–H groups in total. The van der Waals surface area contributed by atoms with Crippen molar-refractivity contribution in [1.29, 1.82) is 0 Å². The van der Waals surface area contributed by atoms with Crippen LogP contribution in [0.1, 0.15) is 24.9 Å². The highest BCUT2D eigenvalue weighted by atomic mass is 16.4. The summed E-state index contributed by atoms with van der Waals surface area (Å²) in [7, 11) is 0. The van der Waals surface area contributed by atoms with Gasteiger partial charge < -0.3 is 15.7 Å². The van der Waals surface area contributed by atoms with Crippen molar-refractivity contribution in [2.75, 3.05) is 0 Å². The van der Waals surface area contributed by atoms with Gasteiger partial charge in [-0.05, 0) is 18.9 Å². The molecule has 1 aromatic rings. The predicted octanol–water partition coefficient (Wildman–Crippen LogP) is 2.08. The Bertz CT molecular complexity index is 445. The highest BCUT2D eigenvalue weighted by molar-refractivity contribution is 5.83. The lowest BCUT2D eigenvalue weighted by atomic mass is 10.1. The second kappa shape index (κ2) is 7.20.